The lowest BCUT2D eigenvalue weighted by Crippen LogP contribution is -2.23. The van der Waals surface area contributed by atoms with E-state index in [-0.39, 0.29) is 11.4 Å². The van der Waals surface area contributed by atoms with Crippen LogP contribution in [0, 0.1) is 0 Å². The van der Waals surface area contributed by atoms with Crippen LogP contribution in [0.2, 0.25) is 0 Å². The molecule has 1 N–H and O–H groups in total. The summed E-state index contributed by atoms with van der Waals surface area (Å²) in [6.07, 6.45) is 5.63. The predicted molar refractivity (Wildman–Crippen MR) is 94.2 cm³/mol. The van der Waals surface area contributed by atoms with Crippen molar-refractivity contribution >= 4 is 15.5 Å². The monoisotopic (exact) mass is 357 g/mol. The molecule has 1 aromatic carbocycles. The fourth-order valence-electron chi connectivity index (χ4n) is 2.84. The Morgan fingerprint density at radius 1 is 1.20 bits per heavy atom. The highest BCUT2D eigenvalue weighted by molar-refractivity contribution is 7.89. The molecule has 0 spiro atoms. The summed E-state index contributed by atoms with van der Waals surface area (Å²) in [6.45, 7) is 0.224. The largest absolute Gasteiger partial charge is 0.497 e. The number of ether oxygens (including phenoxy) is 1. The maximum Gasteiger partial charge on any atom is 0.242 e. The lowest BCUT2D eigenvalue weighted by Gasteiger charge is -2.08. The predicted octanol–water partition coefficient (Wildman–Crippen LogP) is 2.70. The first-order valence-corrected chi connectivity index (χ1v) is 9.64. The quantitative estimate of drug-likeness (QED) is 0.736. The van der Waals surface area contributed by atoms with E-state index in [0.29, 0.717) is 5.92 Å². The molecule has 2 heterocycles. The van der Waals surface area contributed by atoms with Crippen LogP contribution in [0.4, 0.5) is 0 Å². The minimum atomic E-state index is -3.59. The molecule has 1 aliphatic carbocycles. The zero-order valence-corrected chi connectivity index (χ0v) is 14.7. The van der Waals surface area contributed by atoms with E-state index in [1.807, 2.05) is 18.2 Å². The first-order valence-electron chi connectivity index (χ1n) is 8.16. The van der Waals surface area contributed by atoms with Crippen LogP contribution in [0.5, 0.6) is 5.75 Å². The van der Waals surface area contributed by atoms with Crippen LogP contribution >= 0.6 is 0 Å². The Morgan fingerprint density at radius 3 is 2.64 bits per heavy atom. The fraction of sp³-hybridized carbons (Fsp3) is 0.278. The normalized spacial score (nSPS) is 14.8. The zero-order chi connectivity index (χ0) is 17.4. The van der Waals surface area contributed by atoms with E-state index in [1.165, 1.54) is 0 Å². The third-order valence-corrected chi connectivity index (χ3v) is 5.82. The minimum Gasteiger partial charge on any atom is -0.497 e. The van der Waals surface area contributed by atoms with Crippen LogP contribution in [0.3, 0.4) is 0 Å². The first-order chi connectivity index (χ1) is 12.1. The molecule has 0 saturated heterocycles. The Kier molecular flexibility index (Phi) is 3.97. The van der Waals surface area contributed by atoms with E-state index in [2.05, 4.69) is 9.71 Å². The van der Waals surface area contributed by atoms with E-state index < -0.39 is 10.0 Å². The van der Waals surface area contributed by atoms with Gasteiger partial charge in [0.2, 0.25) is 10.0 Å². The number of imidazole rings is 1. The van der Waals surface area contributed by atoms with Crippen molar-refractivity contribution in [2.24, 2.45) is 0 Å². The highest BCUT2D eigenvalue weighted by atomic mass is 32.2. The smallest absolute Gasteiger partial charge is 0.242 e. The highest BCUT2D eigenvalue weighted by Crippen LogP contribution is 2.41. The van der Waals surface area contributed by atoms with Gasteiger partial charge in [0.15, 0.2) is 0 Å². The fourth-order valence-corrected chi connectivity index (χ4v) is 3.86. The Morgan fingerprint density at radius 2 is 1.96 bits per heavy atom. The number of hydrogen-bond acceptors (Lipinski definition) is 4. The van der Waals surface area contributed by atoms with Gasteiger partial charge in [0.1, 0.15) is 5.75 Å². The number of benzene rings is 1. The summed E-state index contributed by atoms with van der Waals surface area (Å²) in [5, 5.41) is 0. The zero-order valence-electron chi connectivity index (χ0n) is 13.8. The van der Waals surface area contributed by atoms with Crippen LogP contribution in [0.15, 0.2) is 53.8 Å². The summed E-state index contributed by atoms with van der Waals surface area (Å²) in [6, 6.07) is 10.8. The summed E-state index contributed by atoms with van der Waals surface area (Å²) >= 11 is 0. The third kappa shape index (κ3) is 3.25. The molecule has 0 unspecified atom stereocenters. The van der Waals surface area contributed by atoms with E-state index in [9.17, 15) is 8.42 Å². The van der Waals surface area contributed by atoms with E-state index >= 15 is 0 Å². The second kappa shape index (κ2) is 6.16. The Labute approximate surface area is 146 Å². The molecule has 1 saturated carbocycles. The molecular weight excluding hydrogens is 338 g/mol. The molecule has 0 atom stereocenters. The molecule has 7 heteroatoms. The maximum atomic E-state index is 12.6. The van der Waals surface area contributed by atoms with Gasteiger partial charge in [0.05, 0.1) is 29.5 Å². The van der Waals surface area contributed by atoms with Gasteiger partial charge in [-0.15, -0.1) is 0 Å². The minimum absolute atomic E-state index is 0.224. The van der Waals surface area contributed by atoms with Gasteiger partial charge >= 0.3 is 0 Å². The van der Waals surface area contributed by atoms with Crippen molar-refractivity contribution < 1.29 is 13.2 Å². The van der Waals surface area contributed by atoms with Crippen molar-refractivity contribution in [1.29, 1.82) is 0 Å². The molecule has 6 nitrogen and oxygen atoms in total. The van der Waals surface area contributed by atoms with Crippen LogP contribution in [0.25, 0.3) is 5.52 Å². The van der Waals surface area contributed by atoms with Gasteiger partial charge in [0, 0.05) is 18.7 Å². The van der Waals surface area contributed by atoms with Gasteiger partial charge in [0.25, 0.3) is 0 Å². The number of hydrogen-bond donors (Lipinski definition) is 1. The average molecular weight is 357 g/mol. The van der Waals surface area contributed by atoms with E-state index in [4.69, 9.17) is 4.74 Å². The molecule has 1 fully saturated rings. The summed E-state index contributed by atoms with van der Waals surface area (Å²) in [5.74, 6) is 1.27. The molecule has 130 valence electrons. The number of rotatable bonds is 6. The number of fused-ring (bicyclic) bond motifs is 1. The molecule has 0 radical (unpaired) electrons. The molecule has 4 rings (SSSR count). The Bertz CT molecular complexity index is 1010. The summed E-state index contributed by atoms with van der Waals surface area (Å²) < 4.78 is 34.6. The van der Waals surface area contributed by atoms with E-state index in [1.54, 1.807) is 42.2 Å². The maximum absolute atomic E-state index is 12.6. The highest BCUT2D eigenvalue weighted by Gasteiger charge is 2.28. The first kappa shape index (κ1) is 16.1. The van der Waals surface area contributed by atoms with Crippen LogP contribution < -0.4 is 9.46 Å². The van der Waals surface area contributed by atoms with Gasteiger partial charge in [-0.05, 0) is 42.7 Å². The number of sulfonamides is 1. The summed E-state index contributed by atoms with van der Waals surface area (Å²) in [5.41, 5.74) is 2.91. The van der Waals surface area contributed by atoms with Gasteiger partial charge in [-0.2, -0.15) is 0 Å². The number of nitrogens with zero attached hydrogens (tertiary/aromatic N) is 2. The molecule has 3 aromatic rings. The molecule has 0 amide bonds. The molecule has 0 aliphatic heterocycles. The Hall–Kier alpha value is -2.38. The van der Waals surface area contributed by atoms with Crippen molar-refractivity contribution in [3.8, 4) is 5.75 Å². The number of nitrogens with one attached hydrogen (secondary N) is 1. The lowest BCUT2D eigenvalue weighted by atomic mass is 10.2. The van der Waals surface area contributed by atoms with Gasteiger partial charge < -0.3 is 9.14 Å². The number of aromatic nitrogens is 2. The molecule has 0 bridgehead atoms. The molecule has 2 aromatic heterocycles. The van der Waals surface area contributed by atoms with Crippen molar-refractivity contribution in [3.63, 3.8) is 0 Å². The molecule has 1 aliphatic rings. The number of pyridine rings is 1. The second-order valence-corrected chi connectivity index (χ2v) is 8.00. The van der Waals surface area contributed by atoms with Crippen LogP contribution in [-0.2, 0) is 16.6 Å². The van der Waals surface area contributed by atoms with Gasteiger partial charge in [-0.1, -0.05) is 12.1 Å². The lowest BCUT2D eigenvalue weighted by molar-refractivity contribution is 0.414. The van der Waals surface area contributed by atoms with Gasteiger partial charge in [-0.25, -0.2) is 18.1 Å². The van der Waals surface area contributed by atoms with E-state index in [0.717, 1.165) is 35.4 Å². The molecular formula is C18H19N3O3S. The van der Waals surface area contributed by atoms with Crippen molar-refractivity contribution in [1.82, 2.24) is 14.1 Å². The Balaban J connectivity index is 1.53. The summed E-state index contributed by atoms with van der Waals surface area (Å²) in [7, 11) is -2.00. The third-order valence-electron chi connectivity index (χ3n) is 4.43. The van der Waals surface area contributed by atoms with Crippen LogP contribution in [-0.4, -0.2) is 24.9 Å². The second-order valence-electron chi connectivity index (χ2n) is 6.23. The SMILES string of the molecule is COc1ccc(CNS(=O)(=O)c2ccc3c(C4CC4)ncn3c2)cc1. The van der Waals surface area contributed by atoms with Crippen molar-refractivity contribution in [3.05, 3.63) is 60.2 Å². The molecule has 25 heavy (non-hydrogen) atoms. The average Bonchev–Trinajstić information content (AvgIpc) is 3.39. The standard InChI is InChI=1S/C18H19N3O3S/c1-24-15-6-2-13(3-7-15)10-20-25(22,23)16-8-9-17-18(14-4-5-14)19-12-21(17)11-16/h2-3,6-9,11-12,14,20H,4-5,10H2,1H3. The van der Waals surface area contributed by atoms with Gasteiger partial charge in [-0.3, -0.25) is 0 Å². The van der Waals surface area contributed by atoms with Crippen LogP contribution in [0.1, 0.15) is 30.0 Å². The van der Waals surface area contributed by atoms with Crippen molar-refractivity contribution in [2.75, 3.05) is 7.11 Å². The van der Waals surface area contributed by atoms with Crippen molar-refractivity contribution in [2.45, 2.75) is 30.2 Å². The topological polar surface area (TPSA) is 72.7 Å². The number of methoxy groups -OCH3 is 1. The summed E-state index contributed by atoms with van der Waals surface area (Å²) in [4.78, 5) is 4.66.